The number of aromatic nitrogens is 2. The molecule has 6 nitrogen and oxygen atoms in total. The minimum Gasteiger partial charge on any atom is -0.395 e. The van der Waals surface area contributed by atoms with Crippen LogP contribution in [0.2, 0.25) is 0 Å². The second kappa shape index (κ2) is 7.38. The molecule has 0 unspecified atom stereocenters. The van der Waals surface area contributed by atoms with Crippen molar-refractivity contribution < 1.29 is 9.90 Å². The van der Waals surface area contributed by atoms with Crippen LogP contribution in [0.3, 0.4) is 0 Å². The van der Waals surface area contributed by atoms with Gasteiger partial charge < -0.3 is 15.4 Å². The zero-order chi connectivity index (χ0) is 15.1. The van der Waals surface area contributed by atoms with Crippen LogP contribution in [0.4, 0.5) is 0 Å². The van der Waals surface area contributed by atoms with Crippen molar-refractivity contribution in [2.45, 2.75) is 13.0 Å². The lowest BCUT2D eigenvalue weighted by atomic mass is 10.2. The van der Waals surface area contributed by atoms with Gasteiger partial charge in [0.25, 0.3) is 5.91 Å². The van der Waals surface area contributed by atoms with Crippen LogP contribution in [0, 0.1) is 11.8 Å². The van der Waals surface area contributed by atoms with Gasteiger partial charge in [-0.15, -0.1) is 0 Å². The molecule has 0 fully saturated rings. The van der Waals surface area contributed by atoms with Crippen molar-refractivity contribution in [3.63, 3.8) is 0 Å². The van der Waals surface area contributed by atoms with Crippen LogP contribution >= 0.6 is 11.3 Å². The molecule has 1 amide bonds. The average Bonchev–Trinajstić information content (AvgIpc) is 2.91. The molecule has 0 atom stereocenters. The van der Waals surface area contributed by atoms with Crippen LogP contribution in [-0.4, -0.2) is 27.6 Å². The number of aliphatic hydroxyl groups excluding tert-OH is 1. The molecular formula is C14H13N3O3S. The molecule has 0 aliphatic heterocycles. The van der Waals surface area contributed by atoms with E-state index in [1.807, 2.05) is 0 Å². The SMILES string of the molecule is O=C(NCc1csc(=O)[nH]1)c1cncc(C#CCCO)c1. The molecular weight excluding hydrogens is 290 g/mol. The predicted molar refractivity (Wildman–Crippen MR) is 78.9 cm³/mol. The highest BCUT2D eigenvalue weighted by Gasteiger charge is 2.07. The number of hydrogen-bond donors (Lipinski definition) is 3. The van der Waals surface area contributed by atoms with Gasteiger partial charge in [-0.3, -0.25) is 14.6 Å². The second-order valence-corrected chi connectivity index (χ2v) is 4.94. The molecule has 108 valence electrons. The first-order valence-corrected chi connectivity index (χ1v) is 7.06. The summed E-state index contributed by atoms with van der Waals surface area (Å²) >= 11 is 1.05. The van der Waals surface area contributed by atoms with Crippen LogP contribution in [0.15, 0.2) is 28.6 Å². The molecule has 2 aromatic rings. The molecule has 2 heterocycles. The minimum absolute atomic E-state index is 0.000547. The van der Waals surface area contributed by atoms with Crippen molar-refractivity contribution in [1.29, 1.82) is 0 Å². The summed E-state index contributed by atoms with van der Waals surface area (Å²) in [5.74, 6) is 5.30. The summed E-state index contributed by atoms with van der Waals surface area (Å²) in [6.07, 6.45) is 3.38. The standard InChI is InChI=1S/C14H13N3O3S/c18-4-2-1-3-10-5-11(7-15-6-10)13(19)16-8-12-9-21-14(20)17-12/h5-7,9,18H,2,4,8H2,(H,16,19)(H,17,20). The quantitative estimate of drug-likeness (QED) is 0.717. The Kier molecular flexibility index (Phi) is 5.26. The third-order valence-corrected chi connectivity index (χ3v) is 3.20. The van der Waals surface area contributed by atoms with E-state index in [0.717, 1.165) is 11.3 Å². The third-order valence-electron chi connectivity index (χ3n) is 2.48. The number of nitrogens with zero attached hydrogens (tertiary/aromatic N) is 1. The first-order chi connectivity index (χ1) is 10.2. The molecule has 2 rings (SSSR count). The minimum atomic E-state index is -0.291. The Balaban J connectivity index is 2.00. The molecule has 2 aromatic heterocycles. The zero-order valence-corrected chi connectivity index (χ0v) is 11.9. The molecule has 0 aromatic carbocycles. The lowest BCUT2D eigenvalue weighted by Gasteiger charge is -2.03. The molecule has 0 bridgehead atoms. The molecule has 3 N–H and O–H groups in total. The van der Waals surface area contributed by atoms with Gasteiger partial charge >= 0.3 is 4.87 Å². The maximum Gasteiger partial charge on any atom is 0.304 e. The van der Waals surface area contributed by atoms with E-state index in [2.05, 4.69) is 27.1 Å². The number of carbonyl (C=O) groups excluding carboxylic acids is 1. The summed E-state index contributed by atoms with van der Waals surface area (Å²) in [7, 11) is 0. The van der Waals surface area contributed by atoms with E-state index in [1.54, 1.807) is 17.6 Å². The largest absolute Gasteiger partial charge is 0.395 e. The van der Waals surface area contributed by atoms with E-state index in [-0.39, 0.29) is 23.9 Å². The molecule has 0 saturated carbocycles. The van der Waals surface area contributed by atoms with Crippen LogP contribution in [0.5, 0.6) is 0 Å². The molecule has 7 heteroatoms. The summed E-state index contributed by atoms with van der Waals surface area (Å²) in [5.41, 5.74) is 1.66. The summed E-state index contributed by atoms with van der Waals surface area (Å²) in [6.45, 7) is 0.247. The Bertz CT molecular complexity index is 739. The number of thiazole rings is 1. The molecule has 0 spiro atoms. The van der Waals surface area contributed by atoms with Gasteiger partial charge in [-0.25, -0.2) is 0 Å². The summed E-state index contributed by atoms with van der Waals surface area (Å²) in [4.78, 5) is 29.4. The van der Waals surface area contributed by atoms with E-state index >= 15 is 0 Å². The summed E-state index contributed by atoms with van der Waals surface area (Å²) in [5, 5.41) is 13.0. The maximum atomic E-state index is 12.0. The number of amides is 1. The van der Waals surface area contributed by atoms with Gasteiger partial charge in [0.2, 0.25) is 0 Å². The normalized spacial score (nSPS) is 9.76. The van der Waals surface area contributed by atoms with E-state index in [4.69, 9.17) is 5.11 Å². The van der Waals surface area contributed by atoms with Crippen molar-refractivity contribution >= 4 is 17.2 Å². The van der Waals surface area contributed by atoms with Gasteiger partial charge in [-0.2, -0.15) is 0 Å². The van der Waals surface area contributed by atoms with Crippen molar-refractivity contribution in [2.24, 2.45) is 0 Å². The number of H-pyrrole nitrogens is 1. The molecule has 0 aliphatic rings. The number of rotatable bonds is 4. The highest BCUT2D eigenvalue weighted by atomic mass is 32.1. The number of nitrogens with one attached hydrogen (secondary N) is 2. The molecule has 21 heavy (non-hydrogen) atoms. The van der Waals surface area contributed by atoms with Crippen molar-refractivity contribution in [3.8, 4) is 11.8 Å². The third kappa shape index (κ3) is 4.56. The number of carbonyl (C=O) groups is 1. The van der Waals surface area contributed by atoms with Gasteiger partial charge in [0.1, 0.15) is 0 Å². The summed E-state index contributed by atoms with van der Waals surface area (Å²) < 4.78 is 0. The zero-order valence-electron chi connectivity index (χ0n) is 11.0. The van der Waals surface area contributed by atoms with Crippen LogP contribution in [-0.2, 0) is 6.54 Å². The Morgan fingerprint density at radius 3 is 3.05 bits per heavy atom. The number of aromatic amines is 1. The van der Waals surface area contributed by atoms with Gasteiger partial charge in [-0.1, -0.05) is 23.2 Å². The molecule has 0 radical (unpaired) electrons. The number of hydrogen-bond acceptors (Lipinski definition) is 5. The van der Waals surface area contributed by atoms with Crippen LogP contribution < -0.4 is 10.2 Å². The van der Waals surface area contributed by atoms with Crippen molar-refractivity contribution in [1.82, 2.24) is 15.3 Å². The smallest absolute Gasteiger partial charge is 0.304 e. The van der Waals surface area contributed by atoms with Crippen molar-refractivity contribution in [2.75, 3.05) is 6.61 Å². The van der Waals surface area contributed by atoms with Gasteiger partial charge in [0, 0.05) is 35.5 Å². The maximum absolute atomic E-state index is 12.0. The van der Waals surface area contributed by atoms with E-state index in [0.29, 0.717) is 23.2 Å². The van der Waals surface area contributed by atoms with Gasteiger partial charge in [0.05, 0.1) is 18.7 Å². The first-order valence-electron chi connectivity index (χ1n) is 6.18. The van der Waals surface area contributed by atoms with Gasteiger partial charge in [0.15, 0.2) is 0 Å². The highest BCUT2D eigenvalue weighted by Crippen LogP contribution is 2.03. The highest BCUT2D eigenvalue weighted by molar-refractivity contribution is 7.07. The predicted octanol–water partition coefficient (Wildman–Crippen LogP) is 0.495. The Morgan fingerprint density at radius 2 is 2.33 bits per heavy atom. The molecule has 0 aliphatic carbocycles. The second-order valence-electron chi connectivity index (χ2n) is 4.09. The Hall–Kier alpha value is -2.43. The van der Waals surface area contributed by atoms with E-state index < -0.39 is 0 Å². The van der Waals surface area contributed by atoms with E-state index in [1.165, 1.54) is 6.20 Å². The van der Waals surface area contributed by atoms with Crippen LogP contribution in [0.25, 0.3) is 0 Å². The Labute approximate surface area is 124 Å². The van der Waals surface area contributed by atoms with Crippen molar-refractivity contribution in [3.05, 3.63) is 50.3 Å². The monoisotopic (exact) mass is 303 g/mol. The fourth-order valence-corrected chi connectivity index (χ4v) is 2.11. The van der Waals surface area contributed by atoms with Gasteiger partial charge in [-0.05, 0) is 6.07 Å². The van der Waals surface area contributed by atoms with Crippen LogP contribution in [0.1, 0.15) is 28.0 Å². The number of pyridine rings is 1. The lowest BCUT2D eigenvalue weighted by molar-refractivity contribution is 0.0950. The first kappa shape index (κ1) is 15.0. The topological polar surface area (TPSA) is 95.1 Å². The summed E-state index contributed by atoms with van der Waals surface area (Å²) in [6, 6.07) is 1.63. The fraction of sp³-hybridized carbons (Fsp3) is 0.214. The average molecular weight is 303 g/mol. The number of aliphatic hydroxyl groups is 1. The lowest BCUT2D eigenvalue weighted by Crippen LogP contribution is -2.23. The molecule has 0 saturated heterocycles. The fourth-order valence-electron chi connectivity index (χ4n) is 1.53. The Morgan fingerprint density at radius 1 is 1.48 bits per heavy atom. The van der Waals surface area contributed by atoms with E-state index in [9.17, 15) is 9.59 Å².